The summed E-state index contributed by atoms with van der Waals surface area (Å²) >= 11 is 0. The maximum Gasteiger partial charge on any atom is 0.0107 e. The third kappa shape index (κ3) is 5.36. The van der Waals surface area contributed by atoms with Gasteiger partial charge in [-0.3, -0.25) is 0 Å². The molecule has 0 saturated heterocycles. The van der Waals surface area contributed by atoms with Crippen LogP contribution in [-0.2, 0) is 0 Å². The van der Waals surface area contributed by atoms with Gasteiger partial charge >= 0.3 is 0 Å². The van der Waals surface area contributed by atoms with Gasteiger partial charge in [-0.25, -0.2) is 0 Å². The Balaban J connectivity index is 2.78. The van der Waals surface area contributed by atoms with E-state index in [0.717, 1.165) is 6.42 Å². The van der Waals surface area contributed by atoms with E-state index < -0.39 is 0 Å². The van der Waals surface area contributed by atoms with Gasteiger partial charge in [0.25, 0.3) is 0 Å². The van der Waals surface area contributed by atoms with Crippen LogP contribution in [0.5, 0.6) is 0 Å². The van der Waals surface area contributed by atoms with Crippen LogP contribution < -0.4 is 5.73 Å². The molecule has 0 atom stereocenters. The largest absolute Gasteiger partial charge is 0.359 e. The Morgan fingerprint density at radius 2 is 2.29 bits per heavy atom. The van der Waals surface area contributed by atoms with Gasteiger partial charge in [-0.05, 0) is 6.42 Å². The summed E-state index contributed by atoms with van der Waals surface area (Å²) in [7, 11) is 0. The molecule has 40 valence electrons. The van der Waals surface area contributed by atoms with Crippen LogP contribution in [0.1, 0.15) is 26.2 Å². The van der Waals surface area contributed by atoms with Gasteiger partial charge in [0.15, 0.2) is 0 Å². The lowest BCUT2D eigenvalue weighted by Crippen LogP contribution is -1.76. The van der Waals surface area contributed by atoms with Crippen LogP contribution in [0.2, 0.25) is 0 Å². The summed E-state index contributed by atoms with van der Waals surface area (Å²) < 4.78 is 0. The van der Waals surface area contributed by atoms with E-state index in [4.69, 9.17) is 5.73 Å². The minimum absolute atomic E-state index is 0.951. The van der Waals surface area contributed by atoms with Gasteiger partial charge < -0.3 is 5.73 Å². The summed E-state index contributed by atoms with van der Waals surface area (Å²) in [6, 6.07) is 2.35. The highest BCUT2D eigenvalue weighted by atomic mass is 14.4. The van der Waals surface area contributed by atoms with E-state index in [1.165, 1.54) is 12.8 Å². The summed E-state index contributed by atoms with van der Waals surface area (Å²) in [5.74, 6) is 2.78. The second kappa shape index (κ2) is 5.36. The van der Waals surface area contributed by atoms with Gasteiger partial charge in [-0.15, -0.1) is 0 Å². The highest BCUT2D eigenvalue weighted by Crippen LogP contribution is 1.89. The van der Waals surface area contributed by atoms with Crippen molar-refractivity contribution in [1.29, 1.82) is 0 Å². The number of nitrogens with two attached hydrogens (primary N) is 1. The smallest absolute Gasteiger partial charge is 0.0107 e. The minimum atomic E-state index is 0.951. The zero-order chi connectivity index (χ0) is 5.54. The molecule has 1 nitrogen and oxygen atoms in total. The van der Waals surface area contributed by atoms with Crippen LogP contribution in [0, 0.1) is 12.0 Å². The molecule has 0 saturated carbocycles. The molecule has 0 aliphatic carbocycles. The summed E-state index contributed by atoms with van der Waals surface area (Å²) in [5.41, 5.74) is 4.91. The lowest BCUT2D eigenvalue weighted by molar-refractivity contribution is 0.828. The molecule has 0 aromatic carbocycles. The fourth-order valence-electron chi connectivity index (χ4n) is 0.337. The van der Waals surface area contributed by atoms with E-state index in [-0.39, 0.29) is 0 Å². The van der Waals surface area contributed by atoms with Crippen LogP contribution in [0.3, 0.4) is 0 Å². The molecule has 0 unspecified atom stereocenters. The summed E-state index contributed by atoms with van der Waals surface area (Å²) in [6.45, 7) is 2.14. The van der Waals surface area contributed by atoms with E-state index in [1.54, 1.807) is 0 Å². The average Bonchev–Trinajstić information content (AvgIpc) is 1.69. The summed E-state index contributed by atoms with van der Waals surface area (Å²) in [6.07, 6.45) is 3.33. The predicted octanol–water partition coefficient (Wildman–Crippen LogP) is 1.10. The lowest BCUT2D eigenvalue weighted by Gasteiger charge is -1.80. The standard InChI is InChI=1S/C6H11N/c1-2-3-4-5-6-7/h2-4,7H2,1H3. The van der Waals surface area contributed by atoms with Crippen LogP contribution in [0.4, 0.5) is 0 Å². The molecule has 0 aromatic heterocycles. The quantitative estimate of drug-likeness (QED) is 0.311. The number of rotatable bonds is 2. The number of hydrogen-bond acceptors (Lipinski definition) is 1. The van der Waals surface area contributed by atoms with Gasteiger partial charge in [0.1, 0.15) is 0 Å². The molecule has 0 radical (unpaired) electrons. The Kier molecular flexibility index (Phi) is 4.87. The Hall–Kier alpha value is -0.640. The molecule has 7 heavy (non-hydrogen) atoms. The Morgan fingerprint density at radius 3 is 2.71 bits per heavy atom. The first-order valence-electron chi connectivity index (χ1n) is 2.60. The molecule has 2 N–H and O–H groups in total. The van der Waals surface area contributed by atoms with Crippen molar-refractivity contribution in [3.05, 3.63) is 0 Å². The number of hydrogen-bond donors (Lipinski definition) is 1. The van der Waals surface area contributed by atoms with Crippen molar-refractivity contribution in [2.75, 3.05) is 0 Å². The SMILES string of the molecule is CCCCC#CN. The molecule has 0 heterocycles. The van der Waals surface area contributed by atoms with Crippen molar-refractivity contribution in [2.24, 2.45) is 5.73 Å². The molecule has 0 aliphatic rings. The molecule has 0 bridgehead atoms. The zero-order valence-corrected chi connectivity index (χ0v) is 4.70. The zero-order valence-electron chi connectivity index (χ0n) is 4.70. The maximum absolute atomic E-state index is 4.91. The molecular formula is C6H11N. The highest BCUT2D eigenvalue weighted by molar-refractivity contribution is 4.92. The molecule has 0 amide bonds. The van der Waals surface area contributed by atoms with Gasteiger partial charge in [-0.1, -0.05) is 19.3 Å². The summed E-state index contributed by atoms with van der Waals surface area (Å²) in [4.78, 5) is 0. The van der Waals surface area contributed by atoms with Gasteiger partial charge in [-0.2, -0.15) is 0 Å². The molecule has 0 spiro atoms. The average molecular weight is 97.2 g/mol. The minimum Gasteiger partial charge on any atom is -0.359 e. The third-order valence-corrected chi connectivity index (χ3v) is 0.757. The molecule has 0 aliphatic heterocycles. The van der Waals surface area contributed by atoms with Crippen LogP contribution in [-0.4, -0.2) is 0 Å². The summed E-state index contributed by atoms with van der Waals surface area (Å²) in [5, 5.41) is 0. The molecule has 0 fully saturated rings. The lowest BCUT2D eigenvalue weighted by atomic mass is 10.3. The predicted molar refractivity (Wildman–Crippen MR) is 31.5 cm³/mol. The van der Waals surface area contributed by atoms with Crippen LogP contribution in [0.15, 0.2) is 0 Å². The third-order valence-electron chi connectivity index (χ3n) is 0.757. The van der Waals surface area contributed by atoms with E-state index in [2.05, 4.69) is 18.9 Å². The normalized spacial score (nSPS) is 7.00. The Bertz CT molecular complexity index is 75.9. The van der Waals surface area contributed by atoms with Gasteiger partial charge in [0, 0.05) is 12.5 Å². The fourth-order valence-corrected chi connectivity index (χ4v) is 0.337. The van der Waals surface area contributed by atoms with E-state index in [9.17, 15) is 0 Å². The van der Waals surface area contributed by atoms with Crippen LogP contribution >= 0.6 is 0 Å². The van der Waals surface area contributed by atoms with Crippen molar-refractivity contribution in [3.8, 4) is 12.0 Å². The monoisotopic (exact) mass is 97.1 g/mol. The first-order valence-corrected chi connectivity index (χ1v) is 2.60. The van der Waals surface area contributed by atoms with Gasteiger partial charge in [0.2, 0.25) is 0 Å². The number of unbranched alkanes of at least 4 members (excludes halogenated alkanes) is 2. The second-order valence-corrected chi connectivity index (χ2v) is 1.42. The first-order chi connectivity index (χ1) is 3.41. The van der Waals surface area contributed by atoms with E-state index in [0.29, 0.717) is 0 Å². The molecule has 1 heteroatoms. The second-order valence-electron chi connectivity index (χ2n) is 1.42. The molecule has 0 rings (SSSR count). The van der Waals surface area contributed by atoms with Crippen molar-refractivity contribution in [2.45, 2.75) is 26.2 Å². The first kappa shape index (κ1) is 6.36. The fraction of sp³-hybridized carbons (Fsp3) is 0.667. The van der Waals surface area contributed by atoms with E-state index in [1.807, 2.05) is 0 Å². The molecular weight excluding hydrogens is 86.1 g/mol. The topological polar surface area (TPSA) is 26.0 Å². The van der Waals surface area contributed by atoms with Crippen molar-refractivity contribution in [1.82, 2.24) is 0 Å². The Labute approximate surface area is 44.9 Å². The van der Waals surface area contributed by atoms with Crippen molar-refractivity contribution in [3.63, 3.8) is 0 Å². The van der Waals surface area contributed by atoms with Crippen LogP contribution in [0.25, 0.3) is 0 Å². The molecule has 0 aromatic rings. The van der Waals surface area contributed by atoms with E-state index >= 15 is 0 Å². The Morgan fingerprint density at radius 1 is 1.57 bits per heavy atom. The maximum atomic E-state index is 4.91. The van der Waals surface area contributed by atoms with Crippen molar-refractivity contribution < 1.29 is 0 Å². The van der Waals surface area contributed by atoms with Crippen molar-refractivity contribution >= 4 is 0 Å². The van der Waals surface area contributed by atoms with Gasteiger partial charge in [0.05, 0.1) is 0 Å². The highest BCUT2D eigenvalue weighted by Gasteiger charge is 1.72.